The molecule has 4 aromatic rings. The van der Waals surface area contributed by atoms with Crippen LogP contribution in [0.1, 0.15) is 77.6 Å². The highest BCUT2D eigenvalue weighted by Gasteiger charge is 2.72. The highest BCUT2D eigenvalue weighted by molar-refractivity contribution is 6.25. The molecule has 58 heavy (non-hydrogen) atoms. The van der Waals surface area contributed by atoms with E-state index in [2.05, 4.69) is 32.9 Å². The van der Waals surface area contributed by atoms with Gasteiger partial charge in [-0.1, -0.05) is 6.07 Å². The number of amides is 5. The van der Waals surface area contributed by atoms with Gasteiger partial charge in [-0.2, -0.15) is 0 Å². The molecule has 4 fully saturated rings. The smallest absolute Gasteiger partial charge is 0.264 e. The lowest BCUT2D eigenvalue weighted by molar-refractivity contribution is -0.215. The van der Waals surface area contributed by atoms with E-state index in [4.69, 9.17) is 9.47 Å². The van der Waals surface area contributed by atoms with Gasteiger partial charge in [0.25, 0.3) is 17.4 Å². The van der Waals surface area contributed by atoms with Crippen LogP contribution in [0.15, 0.2) is 59.8 Å². The zero-order valence-electron chi connectivity index (χ0n) is 33.1. The van der Waals surface area contributed by atoms with Gasteiger partial charge in [-0.15, -0.1) is 0 Å². The highest BCUT2D eigenvalue weighted by atomic mass is 16.5. The van der Waals surface area contributed by atoms with Crippen molar-refractivity contribution < 1.29 is 33.4 Å². The summed E-state index contributed by atoms with van der Waals surface area (Å²) in [5.41, 5.74) is 3.13. The molecule has 3 saturated carbocycles. The summed E-state index contributed by atoms with van der Waals surface area (Å²) in [6, 6.07) is 9.81. The minimum atomic E-state index is -1.01. The standard InChI is InChI=1S/C43H47N7O8/c1-48-20-29(26-13-16-44-19-28(26)38(48)53)25-17-33(57-3)30(34(18-25)58-4)21-49(2)43-22-42(23-43,24-43)41(56)46-15-7-5-6-14-45-31-10-8-9-27-36(31)40(55)50(39(27)54)32-11-12-35(51)47-37(32)52/h8-10,13,16-20,32,45H,5-7,11-12,14-15,21-24H2,1-4H3,(H,46,56)(H,47,51,52). The van der Waals surface area contributed by atoms with E-state index in [9.17, 15) is 28.8 Å². The molecule has 15 heteroatoms. The van der Waals surface area contributed by atoms with E-state index in [1.165, 1.54) is 0 Å². The van der Waals surface area contributed by atoms with E-state index in [1.807, 2.05) is 24.4 Å². The predicted molar refractivity (Wildman–Crippen MR) is 214 cm³/mol. The molecule has 2 aromatic heterocycles. The normalized spacial score (nSPS) is 22.0. The Bertz CT molecular complexity index is 2400. The number of fused-ring (bicyclic) bond motifs is 2. The van der Waals surface area contributed by atoms with Crippen molar-refractivity contribution in [2.45, 2.75) is 69.5 Å². The third-order valence-electron chi connectivity index (χ3n) is 12.5. The first-order chi connectivity index (χ1) is 27.9. The summed E-state index contributed by atoms with van der Waals surface area (Å²) in [7, 11) is 7.09. The van der Waals surface area contributed by atoms with Crippen molar-refractivity contribution in [3.63, 3.8) is 0 Å². The third kappa shape index (κ3) is 6.46. The van der Waals surface area contributed by atoms with E-state index in [1.54, 1.807) is 56.4 Å². The van der Waals surface area contributed by atoms with Crippen molar-refractivity contribution in [2.75, 3.05) is 39.7 Å². The Hall–Kier alpha value is -6.09. The summed E-state index contributed by atoms with van der Waals surface area (Å²) < 4.78 is 13.4. The number of unbranched alkanes of at least 4 members (excludes halogenated alkanes) is 2. The number of nitrogens with zero attached hydrogens (tertiary/aromatic N) is 4. The van der Waals surface area contributed by atoms with Crippen molar-refractivity contribution in [1.82, 2.24) is 30.0 Å². The molecule has 1 saturated heterocycles. The minimum Gasteiger partial charge on any atom is -0.496 e. The fourth-order valence-electron chi connectivity index (χ4n) is 9.32. The molecule has 2 aromatic carbocycles. The first kappa shape index (κ1) is 38.8. The number of aryl methyl sites for hydroxylation is 1. The van der Waals surface area contributed by atoms with E-state index >= 15 is 0 Å². The van der Waals surface area contributed by atoms with Crippen molar-refractivity contribution >= 4 is 46.0 Å². The number of aromatic nitrogens is 2. The van der Waals surface area contributed by atoms with Gasteiger partial charge in [0.2, 0.25) is 17.7 Å². The molecule has 302 valence electrons. The van der Waals surface area contributed by atoms with Crippen LogP contribution in [-0.2, 0) is 28.0 Å². The van der Waals surface area contributed by atoms with Gasteiger partial charge in [-0.3, -0.25) is 48.9 Å². The molecular weight excluding hydrogens is 743 g/mol. The van der Waals surface area contributed by atoms with Crippen LogP contribution >= 0.6 is 0 Å². The van der Waals surface area contributed by atoms with Crippen LogP contribution in [0.3, 0.4) is 0 Å². The zero-order chi connectivity index (χ0) is 40.9. The highest BCUT2D eigenvalue weighted by Crippen LogP contribution is 2.70. The third-order valence-corrected chi connectivity index (χ3v) is 12.5. The maximum absolute atomic E-state index is 13.3. The number of nitrogens with one attached hydrogen (secondary N) is 3. The second-order valence-corrected chi connectivity index (χ2v) is 16.0. The first-order valence-electron chi connectivity index (χ1n) is 19.7. The van der Waals surface area contributed by atoms with Crippen molar-refractivity contribution in [3.8, 4) is 22.6 Å². The Balaban J connectivity index is 0.808. The number of carbonyl (C=O) groups excluding carboxylic acids is 5. The van der Waals surface area contributed by atoms with Gasteiger partial charge in [0, 0.05) is 68.5 Å². The first-order valence-corrected chi connectivity index (χ1v) is 19.7. The summed E-state index contributed by atoms with van der Waals surface area (Å²) in [6.45, 7) is 1.70. The molecule has 3 N–H and O–H groups in total. The lowest BCUT2D eigenvalue weighted by Crippen LogP contribution is -2.77. The van der Waals surface area contributed by atoms with Gasteiger partial charge < -0.3 is 24.7 Å². The number of benzene rings is 2. The number of anilines is 1. The van der Waals surface area contributed by atoms with E-state index in [0.29, 0.717) is 42.2 Å². The Morgan fingerprint density at radius 2 is 1.67 bits per heavy atom. The Labute approximate surface area is 335 Å². The molecule has 15 nitrogen and oxygen atoms in total. The van der Waals surface area contributed by atoms with Gasteiger partial charge in [-0.25, -0.2) is 0 Å². The average molecular weight is 790 g/mol. The second-order valence-electron chi connectivity index (χ2n) is 16.0. The fourth-order valence-corrected chi connectivity index (χ4v) is 9.32. The van der Waals surface area contributed by atoms with Crippen LogP contribution in [0, 0.1) is 5.41 Å². The molecule has 2 bridgehead atoms. The van der Waals surface area contributed by atoms with Crippen LogP contribution < -0.4 is 31.0 Å². The van der Waals surface area contributed by atoms with Crippen LogP contribution in [0.5, 0.6) is 11.5 Å². The number of carbonyl (C=O) groups is 5. The number of ether oxygens (including phenoxy) is 2. The van der Waals surface area contributed by atoms with Crippen LogP contribution in [0.25, 0.3) is 21.9 Å². The number of methoxy groups -OCH3 is 2. The Morgan fingerprint density at radius 1 is 0.948 bits per heavy atom. The largest absolute Gasteiger partial charge is 0.496 e. The topological polar surface area (TPSA) is 181 Å². The summed E-state index contributed by atoms with van der Waals surface area (Å²) in [6.07, 6.45) is 10.0. The zero-order valence-corrected chi connectivity index (χ0v) is 33.1. The van der Waals surface area contributed by atoms with Gasteiger partial charge >= 0.3 is 0 Å². The van der Waals surface area contributed by atoms with Crippen molar-refractivity contribution in [3.05, 3.63) is 82.0 Å². The molecule has 0 radical (unpaired) electrons. The number of rotatable bonds is 15. The number of piperidine rings is 1. The lowest BCUT2D eigenvalue weighted by Gasteiger charge is -2.72. The van der Waals surface area contributed by atoms with Gasteiger partial charge in [0.05, 0.1) is 41.7 Å². The van der Waals surface area contributed by atoms with Gasteiger partial charge in [0.1, 0.15) is 17.5 Å². The quantitative estimate of drug-likeness (QED) is 0.118. The number of pyridine rings is 2. The molecule has 1 atom stereocenters. The van der Waals surface area contributed by atoms with Crippen molar-refractivity contribution in [2.24, 2.45) is 12.5 Å². The molecule has 5 aliphatic rings. The monoisotopic (exact) mass is 789 g/mol. The molecule has 0 spiro atoms. The van der Waals surface area contributed by atoms with Gasteiger partial charge in [-0.05, 0) is 93.3 Å². The summed E-state index contributed by atoms with van der Waals surface area (Å²) >= 11 is 0. The Kier molecular flexibility index (Phi) is 10.0. The molecule has 5 amide bonds. The van der Waals surface area contributed by atoms with E-state index < -0.39 is 29.7 Å². The molecule has 9 rings (SSSR count). The average Bonchev–Trinajstić information content (AvgIpc) is 3.43. The molecule has 3 aliphatic carbocycles. The minimum absolute atomic E-state index is 0.0659. The van der Waals surface area contributed by atoms with Crippen LogP contribution in [0.4, 0.5) is 5.69 Å². The molecule has 2 aliphatic heterocycles. The lowest BCUT2D eigenvalue weighted by atomic mass is 9.38. The predicted octanol–water partition coefficient (Wildman–Crippen LogP) is 3.77. The summed E-state index contributed by atoms with van der Waals surface area (Å²) in [5, 5.41) is 9.99. The number of hydrogen-bond acceptors (Lipinski definition) is 11. The summed E-state index contributed by atoms with van der Waals surface area (Å²) in [5.74, 6) is -0.665. The second kappa shape index (κ2) is 15.0. The maximum atomic E-state index is 13.3. The fraction of sp³-hybridized carbons (Fsp3) is 0.419. The van der Waals surface area contributed by atoms with Crippen molar-refractivity contribution in [1.29, 1.82) is 0 Å². The van der Waals surface area contributed by atoms with E-state index in [-0.39, 0.29) is 46.4 Å². The van der Waals surface area contributed by atoms with Crippen LogP contribution in [-0.4, -0.2) is 94.8 Å². The van der Waals surface area contributed by atoms with Gasteiger partial charge in [0.15, 0.2) is 0 Å². The molecular formula is C43H47N7O8. The maximum Gasteiger partial charge on any atom is 0.264 e. The van der Waals surface area contributed by atoms with Crippen LogP contribution in [0.2, 0.25) is 0 Å². The Morgan fingerprint density at radius 3 is 2.38 bits per heavy atom. The van der Waals surface area contributed by atoms with E-state index in [0.717, 1.165) is 65.5 Å². The number of hydrogen-bond donors (Lipinski definition) is 3. The molecule has 1 unspecified atom stereocenters. The SMILES string of the molecule is COc1cc(-c2cn(C)c(=O)c3cnccc23)cc(OC)c1CN(C)C12CC(C(=O)NCCCCCNc3cccc4c3C(=O)N(C3CCC(=O)NC3=O)C4=O)(C1)C2. The molecule has 4 heterocycles. The number of imide groups is 2. The summed E-state index contributed by atoms with van der Waals surface area (Å²) in [4.78, 5) is 84.0.